The van der Waals surface area contributed by atoms with Gasteiger partial charge in [0.25, 0.3) is 0 Å². The number of pyridine rings is 2. The Morgan fingerprint density at radius 3 is 1.80 bits per heavy atom. The summed E-state index contributed by atoms with van der Waals surface area (Å²) in [5.74, 6) is 0. The van der Waals surface area contributed by atoms with Gasteiger partial charge in [-0.3, -0.25) is 0 Å². The standard InChI is InChI=1S/C10H8N2O2S/c13-15(14,9-5-1-3-7-11-9)10-6-2-4-8-12-10/h1-8H/i3D,4D. The van der Waals surface area contributed by atoms with Crippen LogP contribution in [0.25, 0.3) is 0 Å². The molecule has 4 nitrogen and oxygen atoms in total. The minimum atomic E-state index is -3.76. The SMILES string of the molecule is [2H]c1ccc(S(=O)(=O)c2ccc([2H])cn2)nc1. The molecule has 0 spiro atoms. The molecule has 0 amide bonds. The largest absolute Gasteiger partial charge is 0.244 e. The molecule has 0 N–H and O–H groups in total. The Bertz CT molecular complexity index is 573. The molecule has 0 aliphatic heterocycles. The van der Waals surface area contributed by atoms with Gasteiger partial charge < -0.3 is 0 Å². The van der Waals surface area contributed by atoms with Crippen LogP contribution >= 0.6 is 0 Å². The number of nitrogens with zero attached hydrogens (tertiary/aromatic N) is 2. The van der Waals surface area contributed by atoms with Gasteiger partial charge in [-0.15, -0.1) is 0 Å². The first-order chi connectivity index (χ1) is 8.00. The Balaban J connectivity index is 2.50. The van der Waals surface area contributed by atoms with E-state index in [2.05, 4.69) is 9.97 Å². The highest BCUT2D eigenvalue weighted by molar-refractivity contribution is 7.91. The average Bonchev–Trinajstić information content (AvgIpc) is 2.30. The second kappa shape index (κ2) is 3.78. The molecule has 0 aliphatic rings. The van der Waals surface area contributed by atoms with E-state index in [0.717, 1.165) is 12.4 Å². The van der Waals surface area contributed by atoms with E-state index in [9.17, 15) is 8.42 Å². The lowest BCUT2D eigenvalue weighted by Crippen LogP contribution is -2.05. The van der Waals surface area contributed by atoms with Crippen molar-refractivity contribution in [1.82, 2.24) is 9.97 Å². The molecule has 0 saturated carbocycles. The maximum Gasteiger partial charge on any atom is 0.241 e. The molecule has 0 unspecified atom stereocenters. The van der Waals surface area contributed by atoms with Gasteiger partial charge in [0.15, 0.2) is 10.1 Å². The summed E-state index contributed by atoms with van der Waals surface area (Å²) in [6.07, 6.45) is 2.32. The van der Waals surface area contributed by atoms with Crippen LogP contribution in [0.3, 0.4) is 0 Å². The van der Waals surface area contributed by atoms with Crippen molar-refractivity contribution in [2.75, 3.05) is 0 Å². The molecule has 2 aromatic rings. The molecule has 0 saturated heterocycles. The lowest BCUT2D eigenvalue weighted by atomic mass is 10.5. The van der Waals surface area contributed by atoms with E-state index in [-0.39, 0.29) is 22.1 Å². The number of rotatable bonds is 2. The van der Waals surface area contributed by atoms with Gasteiger partial charge in [-0.05, 0) is 24.2 Å². The molecule has 0 fully saturated rings. The van der Waals surface area contributed by atoms with Crippen LogP contribution in [0.4, 0.5) is 0 Å². The molecule has 76 valence electrons. The summed E-state index contributed by atoms with van der Waals surface area (Å²) in [6, 6.07) is 5.48. The molecular weight excluding hydrogens is 212 g/mol. The fourth-order valence-corrected chi connectivity index (χ4v) is 2.13. The van der Waals surface area contributed by atoms with Crippen LogP contribution in [0, 0.1) is 0 Å². The van der Waals surface area contributed by atoms with Crippen molar-refractivity contribution >= 4 is 9.84 Å². The van der Waals surface area contributed by atoms with Crippen LogP contribution < -0.4 is 0 Å². The molecule has 5 heteroatoms. The van der Waals surface area contributed by atoms with E-state index in [1.165, 1.54) is 24.3 Å². The van der Waals surface area contributed by atoms with Gasteiger partial charge in [-0.1, -0.05) is 12.1 Å². The summed E-state index contributed by atoms with van der Waals surface area (Å²) in [4.78, 5) is 7.37. The molecular formula is C10H8N2O2S. The van der Waals surface area contributed by atoms with Crippen LogP contribution in [-0.2, 0) is 9.84 Å². The molecule has 2 rings (SSSR count). The van der Waals surface area contributed by atoms with Crippen LogP contribution in [0.15, 0.2) is 58.8 Å². The third kappa shape index (κ3) is 1.87. The Kier molecular flexibility index (Phi) is 1.90. The van der Waals surface area contributed by atoms with Gasteiger partial charge in [0, 0.05) is 12.4 Å². The summed E-state index contributed by atoms with van der Waals surface area (Å²) >= 11 is 0. The zero-order chi connectivity index (χ0) is 12.5. The van der Waals surface area contributed by atoms with Crippen molar-refractivity contribution in [3.63, 3.8) is 0 Å². The summed E-state index contributed by atoms with van der Waals surface area (Å²) in [5, 5.41) is -0.308. The van der Waals surface area contributed by atoms with E-state index in [0.29, 0.717) is 0 Å². The number of hydrogen-bond acceptors (Lipinski definition) is 4. The van der Waals surface area contributed by atoms with Crippen LogP contribution in [0.5, 0.6) is 0 Å². The monoisotopic (exact) mass is 222 g/mol. The van der Waals surface area contributed by atoms with Crippen LogP contribution in [0.2, 0.25) is 0 Å². The highest BCUT2D eigenvalue weighted by Crippen LogP contribution is 2.14. The minimum Gasteiger partial charge on any atom is -0.244 e. The zero-order valence-electron chi connectivity index (χ0n) is 9.58. The van der Waals surface area contributed by atoms with Crippen molar-refractivity contribution in [2.45, 2.75) is 10.1 Å². The fraction of sp³-hybridized carbons (Fsp3) is 0. The van der Waals surface area contributed by atoms with E-state index in [1.54, 1.807) is 0 Å². The van der Waals surface area contributed by atoms with Crippen molar-refractivity contribution in [3.8, 4) is 0 Å². The van der Waals surface area contributed by atoms with Crippen LogP contribution in [-0.4, -0.2) is 18.4 Å². The minimum absolute atomic E-state index is 0.137. The molecule has 0 bridgehead atoms. The molecule has 2 heterocycles. The molecule has 0 aliphatic carbocycles. The average molecular weight is 222 g/mol. The number of aromatic nitrogens is 2. The Morgan fingerprint density at radius 1 is 1.00 bits per heavy atom. The Labute approximate surface area is 90.4 Å². The Morgan fingerprint density at radius 2 is 1.47 bits per heavy atom. The predicted octanol–water partition coefficient (Wildman–Crippen LogP) is 1.31. The number of sulfone groups is 1. The second-order valence-electron chi connectivity index (χ2n) is 2.70. The fourth-order valence-electron chi connectivity index (χ4n) is 1.04. The topological polar surface area (TPSA) is 59.9 Å². The highest BCUT2D eigenvalue weighted by atomic mass is 32.2. The van der Waals surface area contributed by atoms with Gasteiger partial charge in [0.1, 0.15) is 0 Å². The van der Waals surface area contributed by atoms with E-state index in [1.807, 2.05) is 0 Å². The lowest BCUT2D eigenvalue weighted by Gasteiger charge is -2.00. The second-order valence-corrected chi connectivity index (χ2v) is 4.54. The van der Waals surface area contributed by atoms with Crippen molar-refractivity contribution in [1.29, 1.82) is 0 Å². The Hall–Kier alpha value is -1.75. The summed E-state index contributed by atoms with van der Waals surface area (Å²) < 4.78 is 38.5. The first kappa shape index (κ1) is 7.53. The van der Waals surface area contributed by atoms with Gasteiger partial charge in [0.05, 0.1) is 2.74 Å². The molecule has 2 aromatic heterocycles. The first-order valence-corrected chi connectivity index (χ1v) is 5.59. The molecule has 0 atom stereocenters. The predicted molar refractivity (Wildman–Crippen MR) is 53.9 cm³/mol. The van der Waals surface area contributed by atoms with Crippen molar-refractivity contribution in [3.05, 3.63) is 48.7 Å². The maximum absolute atomic E-state index is 12.0. The lowest BCUT2D eigenvalue weighted by molar-refractivity contribution is 0.588. The molecule has 15 heavy (non-hydrogen) atoms. The smallest absolute Gasteiger partial charge is 0.241 e. The van der Waals surface area contributed by atoms with Gasteiger partial charge in [-0.25, -0.2) is 18.4 Å². The maximum atomic E-state index is 12.0. The van der Waals surface area contributed by atoms with E-state index in [4.69, 9.17) is 2.74 Å². The normalized spacial score (nSPS) is 13.1. The third-order valence-corrected chi connectivity index (χ3v) is 3.31. The summed E-state index contributed by atoms with van der Waals surface area (Å²) in [5.41, 5.74) is 0. The van der Waals surface area contributed by atoms with E-state index >= 15 is 0 Å². The summed E-state index contributed by atoms with van der Waals surface area (Å²) in [6.45, 7) is 0. The quantitative estimate of drug-likeness (QED) is 0.768. The van der Waals surface area contributed by atoms with Gasteiger partial charge >= 0.3 is 0 Å². The zero-order valence-corrected chi connectivity index (χ0v) is 8.40. The summed E-state index contributed by atoms with van der Waals surface area (Å²) in [7, 11) is -3.76. The molecule has 0 aromatic carbocycles. The van der Waals surface area contributed by atoms with Crippen LogP contribution in [0.1, 0.15) is 2.74 Å². The number of hydrogen-bond donors (Lipinski definition) is 0. The van der Waals surface area contributed by atoms with Gasteiger partial charge in [0.2, 0.25) is 9.84 Å². The van der Waals surface area contributed by atoms with Crippen molar-refractivity contribution < 1.29 is 11.2 Å². The third-order valence-electron chi connectivity index (χ3n) is 1.73. The van der Waals surface area contributed by atoms with E-state index < -0.39 is 9.84 Å². The molecule has 0 radical (unpaired) electrons. The highest BCUT2D eigenvalue weighted by Gasteiger charge is 2.19. The van der Waals surface area contributed by atoms with Gasteiger partial charge in [-0.2, -0.15) is 0 Å². The van der Waals surface area contributed by atoms with Crippen molar-refractivity contribution in [2.24, 2.45) is 0 Å². The first-order valence-electron chi connectivity index (χ1n) is 5.10.